The summed E-state index contributed by atoms with van der Waals surface area (Å²) in [5.74, 6) is -0.369. The molecule has 1 fully saturated rings. The van der Waals surface area contributed by atoms with Crippen LogP contribution in [0, 0.1) is 10.1 Å². The fraction of sp³-hybridized carbons (Fsp3) is 0.462. The van der Waals surface area contributed by atoms with Crippen molar-refractivity contribution in [2.45, 2.75) is 18.9 Å². The summed E-state index contributed by atoms with van der Waals surface area (Å²) in [5.41, 5.74) is -0.215. The van der Waals surface area contributed by atoms with Crippen molar-refractivity contribution in [3.05, 3.63) is 37.9 Å². The van der Waals surface area contributed by atoms with Crippen molar-refractivity contribution in [1.29, 1.82) is 0 Å². The third-order valence-corrected chi connectivity index (χ3v) is 4.31. The van der Waals surface area contributed by atoms with Crippen LogP contribution in [0.5, 0.6) is 0 Å². The monoisotopic (exact) mass is 331 g/mol. The Morgan fingerprint density at radius 2 is 2.00 bits per heavy atom. The normalized spacial score (nSPS) is 16.7. The number of nitro groups is 1. The number of likely N-dealkylation sites (tertiary alicyclic amines) is 1. The molecule has 8 heteroatoms. The maximum atomic E-state index is 12.2. The molecule has 0 radical (unpaired) electrons. The van der Waals surface area contributed by atoms with E-state index < -0.39 is 4.92 Å². The molecule has 1 N–H and O–H groups in total. The first-order valence-electron chi connectivity index (χ1n) is 6.51. The number of nitrogens with zero attached hydrogens (tertiary/aromatic N) is 2. The highest BCUT2D eigenvalue weighted by molar-refractivity contribution is 6.43. The van der Waals surface area contributed by atoms with E-state index >= 15 is 0 Å². The smallest absolute Gasteiger partial charge is 0.290 e. The molecule has 0 aromatic heterocycles. The zero-order valence-electron chi connectivity index (χ0n) is 11.4. The number of hydrogen-bond donors (Lipinski definition) is 1. The van der Waals surface area contributed by atoms with Gasteiger partial charge < -0.3 is 10.2 Å². The molecule has 1 aromatic carbocycles. The number of rotatable bonds is 3. The average molecular weight is 332 g/mol. The van der Waals surface area contributed by atoms with Gasteiger partial charge in [0.1, 0.15) is 5.02 Å². The van der Waals surface area contributed by atoms with E-state index in [-0.39, 0.29) is 33.2 Å². The minimum atomic E-state index is -0.652. The maximum Gasteiger partial charge on any atom is 0.290 e. The molecule has 0 saturated carbocycles. The summed E-state index contributed by atoms with van der Waals surface area (Å²) >= 11 is 11.6. The molecular weight excluding hydrogens is 317 g/mol. The van der Waals surface area contributed by atoms with Gasteiger partial charge in [0.15, 0.2) is 0 Å². The Balaban J connectivity index is 2.14. The second-order valence-corrected chi connectivity index (χ2v) is 5.88. The van der Waals surface area contributed by atoms with Gasteiger partial charge in [-0.2, -0.15) is 0 Å². The van der Waals surface area contributed by atoms with Gasteiger partial charge in [0, 0.05) is 17.7 Å². The van der Waals surface area contributed by atoms with Crippen molar-refractivity contribution < 1.29 is 9.72 Å². The topological polar surface area (TPSA) is 75.5 Å². The average Bonchev–Trinajstić information content (AvgIpc) is 2.43. The Bertz CT molecular complexity index is 572. The molecule has 1 amide bonds. The minimum Gasteiger partial charge on any atom is -0.349 e. The quantitative estimate of drug-likeness (QED) is 0.682. The van der Waals surface area contributed by atoms with E-state index in [1.807, 2.05) is 7.05 Å². The highest BCUT2D eigenvalue weighted by atomic mass is 35.5. The lowest BCUT2D eigenvalue weighted by molar-refractivity contribution is -0.384. The highest BCUT2D eigenvalue weighted by Gasteiger charge is 2.23. The number of piperidine rings is 1. The fourth-order valence-corrected chi connectivity index (χ4v) is 2.65. The lowest BCUT2D eigenvalue weighted by atomic mass is 10.0. The van der Waals surface area contributed by atoms with E-state index in [2.05, 4.69) is 10.2 Å². The predicted octanol–water partition coefficient (Wildman–Crippen LogP) is 2.73. The molecule has 1 aliphatic rings. The van der Waals surface area contributed by atoms with Crippen molar-refractivity contribution in [1.82, 2.24) is 10.2 Å². The number of carbonyl (C=O) groups is 1. The fourth-order valence-electron chi connectivity index (χ4n) is 2.26. The molecule has 0 aliphatic carbocycles. The summed E-state index contributed by atoms with van der Waals surface area (Å²) < 4.78 is 0. The summed E-state index contributed by atoms with van der Waals surface area (Å²) in [6, 6.07) is 2.57. The summed E-state index contributed by atoms with van der Waals surface area (Å²) in [5, 5.41) is 13.6. The van der Waals surface area contributed by atoms with Crippen LogP contribution in [0.25, 0.3) is 0 Å². The van der Waals surface area contributed by atoms with Gasteiger partial charge in [-0.15, -0.1) is 0 Å². The van der Waals surface area contributed by atoms with Crippen molar-refractivity contribution in [2.75, 3.05) is 20.1 Å². The lowest BCUT2D eigenvalue weighted by Crippen LogP contribution is -2.43. The van der Waals surface area contributed by atoms with Crippen LogP contribution in [0.4, 0.5) is 5.69 Å². The Hall–Kier alpha value is -1.37. The second kappa shape index (κ2) is 6.60. The molecular formula is C13H15Cl2N3O3. The Morgan fingerprint density at radius 1 is 1.38 bits per heavy atom. The van der Waals surface area contributed by atoms with Crippen LogP contribution in [0.15, 0.2) is 12.1 Å². The van der Waals surface area contributed by atoms with E-state index in [0.29, 0.717) is 0 Å². The number of halogens is 2. The predicted molar refractivity (Wildman–Crippen MR) is 81.1 cm³/mol. The van der Waals surface area contributed by atoms with Crippen molar-refractivity contribution >= 4 is 34.8 Å². The number of carbonyl (C=O) groups excluding carboxylic acids is 1. The van der Waals surface area contributed by atoms with Crippen LogP contribution in [-0.2, 0) is 0 Å². The van der Waals surface area contributed by atoms with Gasteiger partial charge >= 0.3 is 0 Å². The number of nitrogens with one attached hydrogen (secondary N) is 1. The first-order chi connectivity index (χ1) is 9.88. The van der Waals surface area contributed by atoms with E-state index in [4.69, 9.17) is 23.2 Å². The molecule has 0 unspecified atom stereocenters. The molecule has 0 bridgehead atoms. The largest absolute Gasteiger partial charge is 0.349 e. The SMILES string of the molecule is CN1CCC(NC(=O)c2cc(Cl)c(Cl)c([N+](=O)[O-])c2)CC1. The van der Waals surface area contributed by atoms with Crippen LogP contribution in [0.1, 0.15) is 23.2 Å². The zero-order valence-corrected chi connectivity index (χ0v) is 12.9. The molecule has 114 valence electrons. The Morgan fingerprint density at radius 3 is 2.57 bits per heavy atom. The third kappa shape index (κ3) is 3.84. The summed E-state index contributed by atoms with van der Waals surface area (Å²) in [7, 11) is 2.03. The van der Waals surface area contributed by atoms with Gasteiger partial charge in [-0.25, -0.2) is 0 Å². The molecule has 0 atom stereocenters. The molecule has 6 nitrogen and oxygen atoms in total. The molecule has 1 saturated heterocycles. The molecule has 1 aliphatic heterocycles. The molecule has 0 spiro atoms. The van der Waals surface area contributed by atoms with Crippen molar-refractivity contribution in [3.8, 4) is 0 Å². The van der Waals surface area contributed by atoms with Gasteiger partial charge in [0.2, 0.25) is 0 Å². The van der Waals surface area contributed by atoms with Crippen LogP contribution in [0.3, 0.4) is 0 Å². The van der Waals surface area contributed by atoms with Crippen molar-refractivity contribution in [3.63, 3.8) is 0 Å². The number of benzene rings is 1. The van der Waals surface area contributed by atoms with Gasteiger partial charge in [-0.1, -0.05) is 23.2 Å². The third-order valence-electron chi connectivity index (χ3n) is 3.52. The van der Waals surface area contributed by atoms with E-state index in [1.54, 1.807) is 0 Å². The molecule has 1 aromatic rings. The van der Waals surface area contributed by atoms with Gasteiger partial charge in [0.25, 0.3) is 11.6 Å². The summed E-state index contributed by atoms with van der Waals surface area (Å²) in [6.07, 6.45) is 1.71. The molecule has 2 rings (SSSR count). The van der Waals surface area contributed by atoms with Crippen LogP contribution in [-0.4, -0.2) is 41.9 Å². The Kier molecular flexibility index (Phi) is 5.03. The van der Waals surface area contributed by atoms with Crippen LogP contribution >= 0.6 is 23.2 Å². The van der Waals surface area contributed by atoms with Gasteiger partial charge in [0.05, 0.1) is 9.95 Å². The van der Waals surface area contributed by atoms with Crippen molar-refractivity contribution in [2.24, 2.45) is 0 Å². The second-order valence-electron chi connectivity index (χ2n) is 5.10. The minimum absolute atomic E-state index is 0.000561. The Labute approximate surface area is 132 Å². The van der Waals surface area contributed by atoms with E-state index in [0.717, 1.165) is 32.0 Å². The number of nitro benzene ring substituents is 1. The molecule has 1 heterocycles. The molecule has 21 heavy (non-hydrogen) atoms. The van der Waals surface area contributed by atoms with E-state index in [1.165, 1.54) is 6.07 Å². The highest BCUT2D eigenvalue weighted by Crippen LogP contribution is 2.33. The van der Waals surface area contributed by atoms with Crippen LogP contribution in [0.2, 0.25) is 10.0 Å². The van der Waals surface area contributed by atoms with Crippen LogP contribution < -0.4 is 5.32 Å². The first-order valence-corrected chi connectivity index (χ1v) is 7.27. The van der Waals surface area contributed by atoms with Gasteiger partial charge in [-0.3, -0.25) is 14.9 Å². The summed E-state index contributed by atoms with van der Waals surface area (Å²) in [4.78, 5) is 24.6. The van der Waals surface area contributed by atoms with E-state index in [9.17, 15) is 14.9 Å². The zero-order chi connectivity index (χ0) is 15.6. The standard InChI is InChI=1S/C13H15Cl2N3O3/c1-17-4-2-9(3-5-17)16-13(19)8-6-10(14)12(15)11(7-8)18(20)21/h6-7,9H,2-5H2,1H3,(H,16,19). The first kappa shape index (κ1) is 16.0. The lowest BCUT2D eigenvalue weighted by Gasteiger charge is -2.29. The maximum absolute atomic E-state index is 12.2. The summed E-state index contributed by atoms with van der Waals surface area (Å²) in [6.45, 7) is 1.82. The van der Waals surface area contributed by atoms with Gasteiger partial charge in [-0.05, 0) is 39.0 Å². The number of hydrogen-bond acceptors (Lipinski definition) is 4. The number of amides is 1.